The zero-order chi connectivity index (χ0) is 44.4. The molecule has 0 saturated carbocycles. The molecule has 0 spiro atoms. The van der Waals surface area contributed by atoms with Gasteiger partial charge in [0.15, 0.2) is 0 Å². The Kier molecular flexibility index (Phi) is 49.1. The molecule has 6 heteroatoms. The summed E-state index contributed by atoms with van der Waals surface area (Å²) in [6.45, 7) is 4.82. The summed E-state index contributed by atoms with van der Waals surface area (Å²) in [5.74, 6) is -0.137. The highest BCUT2D eigenvalue weighted by Crippen LogP contribution is 2.16. The third-order valence-electron chi connectivity index (χ3n) is 12.2. The summed E-state index contributed by atoms with van der Waals surface area (Å²) in [6.07, 6.45) is 61.4. The van der Waals surface area contributed by atoms with E-state index in [0.29, 0.717) is 19.4 Å². The average Bonchev–Trinajstić information content (AvgIpc) is 3.26. The van der Waals surface area contributed by atoms with Gasteiger partial charge < -0.3 is 20.3 Å². The summed E-state index contributed by atoms with van der Waals surface area (Å²) in [5.41, 5.74) is 0. The van der Waals surface area contributed by atoms with Gasteiger partial charge in [0, 0.05) is 12.8 Å². The van der Waals surface area contributed by atoms with E-state index in [0.717, 1.165) is 70.6 Å². The van der Waals surface area contributed by atoms with Crippen molar-refractivity contribution in [2.75, 3.05) is 13.2 Å². The van der Waals surface area contributed by atoms with Crippen LogP contribution in [0, 0.1) is 0 Å². The maximum Gasteiger partial charge on any atom is 0.305 e. The molecule has 0 aromatic heterocycles. The number of nitrogens with one attached hydrogen (secondary N) is 1. The first-order valence-corrected chi connectivity index (χ1v) is 26.8. The second-order valence-corrected chi connectivity index (χ2v) is 18.2. The van der Waals surface area contributed by atoms with E-state index in [-0.39, 0.29) is 18.5 Å². The van der Waals surface area contributed by atoms with Gasteiger partial charge in [-0.05, 0) is 64.2 Å². The fourth-order valence-electron chi connectivity index (χ4n) is 8.02. The van der Waals surface area contributed by atoms with Crippen LogP contribution in [0.15, 0.2) is 36.5 Å². The zero-order valence-corrected chi connectivity index (χ0v) is 40.6. The van der Waals surface area contributed by atoms with Gasteiger partial charge in [0.05, 0.1) is 25.4 Å². The van der Waals surface area contributed by atoms with Gasteiger partial charge in [-0.2, -0.15) is 0 Å². The van der Waals surface area contributed by atoms with Crippen LogP contribution in [-0.4, -0.2) is 47.4 Å². The highest BCUT2D eigenvalue weighted by molar-refractivity contribution is 5.76. The van der Waals surface area contributed by atoms with Crippen LogP contribution in [-0.2, 0) is 14.3 Å². The Hall–Kier alpha value is -1.92. The molecule has 0 aromatic carbocycles. The van der Waals surface area contributed by atoms with Crippen molar-refractivity contribution in [3.8, 4) is 0 Å². The largest absolute Gasteiger partial charge is 0.466 e. The first-order chi connectivity index (χ1) is 30.0. The second-order valence-electron chi connectivity index (χ2n) is 18.2. The Labute approximate surface area is 379 Å². The van der Waals surface area contributed by atoms with Gasteiger partial charge in [-0.25, -0.2) is 0 Å². The van der Waals surface area contributed by atoms with E-state index in [4.69, 9.17) is 4.74 Å². The van der Waals surface area contributed by atoms with E-state index in [1.165, 1.54) is 180 Å². The number of unbranched alkanes of at least 4 members (excludes halogenated alkanes) is 34. The van der Waals surface area contributed by atoms with Crippen LogP contribution in [0.3, 0.4) is 0 Å². The van der Waals surface area contributed by atoms with Crippen LogP contribution >= 0.6 is 0 Å². The number of ether oxygens (including phenoxy) is 1. The van der Waals surface area contributed by atoms with Crippen LogP contribution in [0.1, 0.15) is 277 Å². The number of carbonyl (C=O) groups excluding carboxylic acids is 2. The second kappa shape index (κ2) is 50.7. The zero-order valence-electron chi connectivity index (χ0n) is 40.6. The Morgan fingerprint density at radius 2 is 0.820 bits per heavy atom. The van der Waals surface area contributed by atoms with Gasteiger partial charge in [0.2, 0.25) is 5.91 Å². The molecule has 0 aliphatic rings. The minimum Gasteiger partial charge on any atom is -0.466 e. The molecule has 6 nitrogen and oxygen atoms in total. The highest BCUT2D eigenvalue weighted by Gasteiger charge is 2.18. The number of amides is 1. The Morgan fingerprint density at radius 3 is 1.26 bits per heavy atom. The van der Waals surface area contributed by atoms with E-state index in [1.807, 2.05) is 6.08 Å². The first kappa shape index (κ1) is 59.1. The average molecular weight is 858 g/mol. The Balaban J connectivity index is 3.54. The molecule has 2 unspecified atom stereocenters. The van der Waals surface area contributed by atoms with Crippen molar-refractivity contribution in [2.24, 2.45) is 0 Å². The number of hydrogen-bond donors (Lipinski definition) is 3. The van der Waals surface area contributed by atoms with Crippen molar-refractivity contribution < 1.29 is 24.5 Å². The maximum absolute atomic E-state index is 12.4. The van der Waals surface area contributed by atoms with Crippen LogP contribution in [0.4, 0.5) is 0 Å². The van der Waals surface area contributed by atoms with Gasteiger partial charge in [0.25, 0.3) is 0 Å². The minimum atomic E-state index is -0.864. The molecule has 3 N–H and O–H groups in total. The predicted molar refractivity (Wildman–Crippen MR) is 264 cm³/mol. The van der Waals surface area contributed by atoms with E-state index in [2.05, 4.69) is 43.5 Å². The number of allylic oxidation sites excluding steroid dienone is 5. The van der Waals surface area contributed by atoms with Gasteiger partial charge in [-0.3, -0.25) is 9.59 Å². The van der Waals surface area contributed by atoms with E-state index in [1.54, 1.807) is 6.08 Å². The molecule has 0 radical (unpaired) electrons. The smallest absolute Gasteiger partial charge is 0.305 e. The summed E-state index contributed by atoms with van der Waals surface area (Å²) in [5, 5.41) is 23.1. The third-order valence-corrected chi connectivity index (χ3v) is 12.2. The molecule has 0 rings (SSSR count). The quantitative estimate of drug-likeness (QED) is 0.0322. The highest BCUT2D eigenvalue weighted by atomic mass is 16.5. The van der Waals surface area contributed by atoms with Crippen LogP contribution < -0.4 is 5.32 Å². The molecule has 0 aliphatic heterocycles. The van der Waals surface area contributed by atoms with Crippen LogP contribution in [0.25, 0.3) is 0 Å². The summed E-state index contributed by atoms with van der Waals surface area (Å²) < 4.78 is 5.45. The predicted octanol–water partition coefficient (Wildman–Crippen LogP) is 16.1. The van der Waals surface area contributed by atoms with Crippen molar-refractivity contribution in [3.05, 3.63) is 36.5 Å². The van der Waals surface area contributed by atoms with Gasteiger partial charge in [-0.1, -0.05) is 237 Å². The Bertz CT molecular complexity index is 993. The molecular weight excluding hydrogens is 755 g/mol. The normalized spacial score (nSPS) is 12.9. The van der Waals surface area contributed by atoms with Gasteiger partial charge in [-0.15, -0.1) is 0 Å². The molecule has 0 fully saturated rings. The standard InChI is InChI=1S/C55H103NO5/c1-3-5-7-9-11-13-15-17-19-21-22-23-24-26-28-31-35-39-43-47-53(58)52(51-57)56-54(59)48-44-40-36-32-30-34-38-42-46-50-61-55(60)49-45-41-37-33-29-27-25-20-18-16-14-12-10-8-6-4-2/h14,16,20,25,43,47,52-53,57-58H,3-13,15,17-19,21-24,26-42,44-46,48-51H2,1-2H3,(H,56,59)/b16-14-,25-20-,47-43+. The first-order valence-electron chi connectivity index (χ1n) is 26.8. The number of hydrogen-bond acceptors (Lipinski definition) is 5. The summed E-state index contributed by atoms with van der Waals surface area (Å²) >= 11 is 0. The molecule has 1 amide bonds. The molecule has 0 heterocycles. The fourth-order valence-corrected chi connectivity index (χ4v) is 8.02. The van der Waals surface area contributed by atoms with E-state index < -0.39 is 12.1 Å². The summed E-state index contributed by atoms with van der Waals surface area (Å²) in [7, 11) is 0. The lowest BCUT2D eigenvalue weighted by molar-refractivity contribution is -0.143. The minimum absolute atomic E-state index is 0.0408. The van der Waals surface area contributed by atoms with Crippen molar-refractivity contribution in [1.29, 1.82) is 0 Å². The van der Waals surface area contributed by atoms with Crippen molar-refractivity contribution in [2.45, 2.75) is 289 Å². The summed E-state index contributed by atoms with van der Waals surface area (Å²) in [6, 6.07) is -0.650. The van der Waals surface area contributed by atoms with E-state index in [9.17, 15) is 19.8 Å². The van der Waals surface area contributed by atoms with E-state index >= 15 is 0 Å². The van der Waals surface area contributed by atoms with Crippen molar-refractivity contribution >= 4 is 11.9 Å². The lowest BCUT2D eigenvalue weighted by Crippen LogP contribution is -2.45. The summed E-state index contributed by atoms with van der Waals surface area (Å²) in [4.78, 5) is 24.5. The number of rotatable bonds is 49. The van der Waals surface area contributed by atoms with Gasteiger partial charge >= 0.3 is 5.97 Å². The molecule has 2 atom stereocenters. The number of esters is 1. The third kappa shape index (κ3) is 47.4. The lowest BCUT2D eigenvalue weighted by atomic mass is 10.0. The number of aliphatic hydroxyl groups is 2. The van der Waals surface area contributed by atoms with Gasteiger partial charge in [0.1, 0.15) is 0 Å². The topological polar surface area (TPSA) is 95.9 Å². The molecule has 0 aromatic rings. The molecule has 0 saturated heterocycles. The van der Waals surface area contributed by atoms with Crippen molar-refractivity contribution in [1.82, 2.24) is 5.32 Å². The van der Waals surface area contributed by atoms with Crippen LogP contribution in [0.2, 0.25) is 0 Å². The SMILES string of the molecule is CCCCCC/C=C\C/C=C\CCCCCCCC(=O)OCCCCCCCCCCCC(=O)NC(CO)C(O)/C=C/CCCCCCCCCCCCCCCCCCC. The maximum atomic E-state index is 12.4. The molecule has 0 aliphatic carbocycles. The van der Waals surface area contributed by atoms with Crippen LogP contribution in [0.5, 0.6) is 0 Å². The van der Waals surface area contributed by atoms with Crippen molar-refractivity contribution in [3.63, 3.8) is 0 Å². The molecular formula is C55H103NO5. The lowest BCUT2D eigenvalue weighted by Gasteiger charge is -2.20. The molecule has 358 valence electrons. The molecule has 0 bridgehead atoms. The Morgan fingerprint density at radius 1 is 0.459 bits per heavy atom. The molecule has 61 heavy (non-hydrogen) atoms. The number of carbonyl (C=O) groups is 2. The fraction of sp³-hybridized carbons (Fsp3) is 0.855. The monoisotopic (exact) mass is 858 g/mol. The number of aliphatic hydroxyl groups excluding tert-OH is 2.